The smallest absolute Gasteiger partial charge is 0.0666 e. The highest BCUT2D eigenvalue weighted by Gasteiger charge is 2.50. The van der Waals surface area contributed by atoms with Gasteiger partial charge in [0.1, 0.15) is 0 Å². The van der Waals surface area contributed by atoms with Gasteiger partial charge in [-0.15, -0.1) is 0 Å². The number of nitrogens with zero attached hydrogens (tertiary/aromatic N) is 2. The number of rotatable bonds is 7. The van der Waals surface area contributed by atoms with Gasteiger partial charge in [-0.3, -0.25) is 0 Å². The summed E-state index contributed by atoms with van der Waals surface area (Å²) < 4.78 is 0. The van der Waals surface area contributed by atoms with Crippen molar-refractivity contribution in [1.29, 1.82) is 10.5 Å². The van der Waals surface area contributed by atoms with Gasteiger partial charge in [-0.1, -0.05) is 89.3 Å². The molecule has 0 aromatic rings. The van der Waals surface area contributed by atoms with E-state index < -0.39 is 0 Å². The second-order valence-corrected chi connectivity index (χ2v) is 13.3. The molecule has 0 heterocycles. The summed E-state index contributed by atoms with van der Waals surface area (Å²) in [4.78, 5) is 0. The van der Waals surface area contributed by atoms with E-state index in [1.54, 1.807) is 11.1 Å². The number of allylic oxidation sites excluding steroid dienone is 6. The molecule has 0 aromatic carbocycles. The Balaban J connectivity index is 0.000000254. The summed E-state index contributed by atoms with van der Waals surface area (Å²) in [6.45, 7) is 18.9. The van der Waals surface area contributed by atoms with Crippen LogP contribution < -0.4 is 0 Å². The summed E-state index contributed by atoms with van der Waals surface area (Å²) in [7, 11) is 0. The SMILES string of the molecule is CC/C(=C\CC#N)CCC1C(C)=CCCC1(C)C.CCC1=C(CC#N)C2(C)CCCC(C)(C)C2CC1. The predicted octanol–water partition coefficient (Wildman–Crippen LogP) is 10.6. The first kappa shape index (κ1) is 30.4. The van der Waals surface area contributed by atoms with E-state index in [1.165, 1.54) is 62.5 Å². The van der Waals surface area contributed by atoms with Crippen LogP contribution in [0.3, 0.4) is 0 Å². The van der Waals surface area contributed by atoms with E-state index in [9.17, 15) is 5.26 Å². The lowest BCUT2D eigenvalue weighted by molar-refractivity contribution is 0.0111. The van der Waals surface area contributed by atoms with Crippen LogP contribution in [-0.4, -0.2) is 0 Å². The van der Waals surface area contributed by atoms with Gasteiger partial charge in [0.25, 0.3) is 0 Å². The molecule has 3 aliphatic carbocycles. The third-order valence-corrected chi connectivity index (χ3v) is 10.2. The fourth-order valence-corrected chi connectivity index (χ4v) is 8.03. The average molecular weight is 491 g/mol. The molecule has 0 amide bonds. The fourth-order valence-electron chi connectivity index (χ4n) is 8.03. The first-order valence-corrected chi connectivity index (χ1v) is 14.8. The van der Waals surface area contributed by atoms with Gasteiger partial charge >= 0.3 is 0 Å². The minimum atomic E-state index is 0.307. The van der Waals surface area contributed by atoms with Crippen molar-refractivity contribution in [3.8, 4) is 12.1 Å². The molecule has 3 unspecified atom stereocenters. The molecule has 0 radical (unpaired) electrons. The molecule has 3 atom stereocenters. The molecule has 36 heavy (non-hydrogen) atoms. The third-order valence-electron chi connectivity index (χ3n) is 10.2. The van der Waals surface area contributed by atoms with Gasteiger partial charge in [-0.05, 0) is 99.2 Å². The predicted molar refractivity (Wildman–Crippen MR) is 154 cm³/mol. The summed E-state index contributed by atoms with van der Waals surface area (Å²) in [5.74, 6) is 1.49. The molecule has 0 N–H and O–H groups in total. The topological polar surface area (TPSA) is 47.6 Å². The Morgan fingerprint density at radius 3 is 2.33 bits per heavy atom. The van der Waals surface area contributed by atoms with Crippen LogP contribution in [0.2, 0.25) is 0 Å². The van der Waals surface area contributed by atoms with Crippen molar-refractivity contribution in [3.05, 3.63) is 34.4 Å². The van der Waals surface area contributed by atoms with Crippen molar-refractivity contribution in [2.24, 2.45) is 28.1 Å². The van der Waals surface area contributed by atoms with Crippen LogP contribution in [0.5, 0.6) is 0 Å². The molecule has 3 aliphatic rings. The van der Waals surface area contributed by atoms with Crippen LogP contribution in [0.15, 0.2) is 34.4 Å². The van der Waals surface area contributed by atoms with Crippen LogP contribution in [0.25, 0.3) is 0 Å². The zero-order valence-corrected chi connectivity index (χ0v) is 24.9. The summed E-state index contributed by atoms with van der Waals surface area (Å²) in [5.41, 5.74) is 7.32. The molecule has 2 nitrogen and oxygen atoms in total. The van der Waals surface area contributed by atoms with E-state index in [4.69, 9.17) is 5.26 Å². The Kier molecular flexibility index (Phi) is 11.1. The van der Waals surface area contributed by atoms with Crippen LogP contribution in [0.1, 0.15) is 139 Å². The Morgan fingerprint density at radius 1 is 1.03 bits per heavy atom. The quantitative estimate of drug-likeness (QED) is 0.333. The zero-order chi connectivity index (χ0) is 27.0. The monoisotopic (exact) mass is 490 g/mol. The van der Waals surface area contributed by atoms with Gasteiger partial charge < -0.3 is 0 Å². The summed E-state index contributed by atoms with van der Waals surface area (Å²) in [6.07, 6.45) is 19.4. The van der Waals surface area contributed by atoms with E-state index >= 15 is 0 Å². The number of hydrogen-bond donors (Lipinski definition) is 0. The van der Waals surface area contributed by atoms with E-state index in [1.807, 2.05) is 0 Å². The summed E-state index contributed by atoms with van der Waals surface area (Å²) >= 11 is 0. The second-order valence-electron chi connectivity index (χ2n) is 13.3. The molecular formula is C34H54N2. The molecule has 0 aliphatic heterocycles. The Morgan fingerprint density at radius 2 is 1.75 bits per heavy atom. The molecular weight excluding hydrogens is 436 g/mol. The van der Waals surface area contributed by atoms with Gasteiger partial charge in [-0.25, -0.2) is 0 Å². The fraction of sp³-hybridized carbons (Fsp3) is 0.765. The Hall–Kier alpha value is -1.80. The number of fused-ring (bicyclic) bond motifs is 1. The van der Waals surface area contributed by atoms with Crippen molar-refractivity contribution >= 4 is 0 Å². The molecule has 0 bridgehead atoms. The Labute approximate surface area is 223 Å². The number of hydrogen-bond acceptors (Lipinski definition) is 2. The van der Waals surface area contributed by atoms with Crippen LogP contribution in [-0.2, 0) is 0 Å². The van der Waals surface area contributed by atoms with Crippen LogP contribution >= 0.6 is 0 Å². The standard InChI is InChI=1S/2C17H27N/c1-5-13-7-8-15-16(2,3)10-6-11-17(15,4)14(13)9-12-18;1-5-15(9-7-13-18)10-11-16-14(2)8-6-12-17(16,3)4/h15H,5-11H2,1-4H3;8-9,16H,5-7,10-12H2,1-4H3/b;15-9+. The highest BCUT2D eigenvalue weighted by atomic mass is 14.5. The molecule has 0 aromatic heterocycles. The van der Waals surface area contributed by atoms with E-state index in [0.29, 0.717) is 35.0 Å². The third kappa shape index (κ3) is 7.15. The Bertz CT molecular complexity index is 914. The van der Waals surface area contributed by atoms with Gasteiger partial charge in [0.05, 0.1) is 25.0 Å². The molecule has 1 saturated carbocycles. The van der Waals surface area contributed by atoms with Crippen molar-refractivity contribution in [3.63, 3.8) is 0 Å². The van der Waals surface area contributed by atoms with Gasteiger partial charge in [-0.2, -0.15) is 10.5 Å². The van der Waals surface area contributed by atoms with Crippen LogP contribution in [0, 0.1) is 50.7 Å². The lowest BCUT2D eigenvalue weighted by atomic mass is 9.50. The molecule has 2 heteroatoms. The van der Waals surface area contributed by atoms with Crippen molar-refractivity contribution in [2.75, 3.05) is 0 Å². The van der Waals surface area contributed by atoms with E-state index in [-0.39, 0.29) is 0 Å². The minimum absolute atomic E-state index is 0.307. The molecule has 1 fully saturated rings. The van der Waals surface area contributed by atoms with Gasteiger partial charge in [0.2, 0.25) is 0 Å². The average Bonchev–Trinajstić information content (AvgIpc) is 2.81. The highest BCUT2D eigenvalue weighted by Crippen LogP contribution is 2.60. The second kappa shape index (κ2) is 13.1. The highest BCUT2D eigenvalue weighted by molar-refractivity contribution is 5.30. The van der Waals surface area contributed by atoms with Crippen LogP contribution in [0.4, 0.5) is 0 Å². The maximum absolute atomic E-state index is 9.18. The normalized spacial score (nSPS) is 29.2. The van der Waals surface area contributed by atoms with E-state index in [0.717, 1.165) is 25.2 Å². The molecule has 0 saturated heterocycles. The number of nitriles is 2. The van der Waals surface area contributed by atoms with E-state index in [2.05, 4.69) is 79.7 Å². The molecule has 0 spiro atoms. The lowest BCUT2D eigenvalue weighted by Crippen LogP contribution is -2.45. The van der Waals surface area contributed by atoms with Crippen molar-refractivity contribution in [2.45, 2.75) is 139 Å². The van der Waals surface area contributed by atoms with Crippen molar-refractivity contribution < 1.29 is 0 Å². The van der Waals surface area contributed by atoms with Gasteiger partial charge in [0, 0.05) is 0 Å². The van der Waals surface area contributed by atoms with Crippen molar-refractivity contribution in [1.82, 2.24) is 0 Å². The summed E-state index contributed by atoms with van der Waals surface area (Å²) in [6, 6.07) is 4.64. The van der Waals surface area contributed by atoms with Gasteiger partial charge in [0.15, 0.2) is 0 Å². The maximum atomic E-state index is 9.18. The first-order valence-electron chi connectivity index (χ1n) is 14.8. The largest absolute Gasteiger partial charge is 0.198 e. The lowest BCUT2D eigenvalue weighted by Gasteiger charge is -2.55. The minimum Gasteiger partial charge on any atom is -0.198 e. The first-order chi connectivity index (χ1) is 17.0. The maximum Gasteiger partial charge on any atom is 0.0666 e. The molecule has 200 valence electrons. The molecule has 3 rings (SSSR count). The zero-order valence-electron chi connectivity index (χ0n) is 24.9. The summed E-state index contributed by atoms with van der Waals surface area (Å²) in [5, 5.41) is 17.8.